The molecule has 1 aromatic heterocycles. The molecule has 0 radical (unpaired) electrons. The molecular formula is C16H28N5O2S2+. The van der Waals surface area contributed by atoms with Crippen molar-refractivity contribution in [3.05, 3.63) is 3.95 Å². The van der Waals surface area contributed by atoms with Gasteiger partial charge in [-0.25, -0.2) is 0 Å². The zero-order valence-corrected chi connectivity index (χ0v) is 17.2. The van der Waals surface area contributed by atoms with E-state index in [2.05, 4.69) is 10.4 Å². The third-order valence-electron chi connectivity index (χ3n) is 3.68. The van der Waals surface area contributed by atoms with Crippen LogP contribution in [0.5, 0.6) is 0 Å². The van der Waals surface area contributed by atoms with Gasteiger partial charge >= 0.3 is 0 Å². The van der Waals surface area contributed by atoms with Crippen LogP contribution in [0.2, 0.25) is 0 Å². The molecule has 0 aliphatic heterocycles. The van der Waals surface area contributed by atoms with Crippen LogP contribution in [0.4, 0.5) is 5.13 Å². The van der Waals surface area contributed by atoms with Crippen molar-refractivity contribution in [3.8, 4) is 0 Å². The lowest BCUT2D eigenvalue weighted by molar-refractivity contribution is -0.895. The van der Waals surface area contributed by atoms with Crippen molar-refractivity contribution in [3.63, 3.8) is 0 Å². The Morgan fingerprint density at radius 3 is 2.60 bits per heavy atom. The smallest absolute Gasteiger partial charge is 0.275 e. The Hall–Kier alpha value is -1.32. The van der Waals surface area contributed by atoms with Crippen molar-refractivity contribution >= 4 is 40.5 Å². The number of likely N-dealkylation sites (N-methyl/N-ethyl adjacent to an activating group) is 1. The Bertz CT molecular complexity index is 687. The fourth-order valence-electron chi connectivity index (χ4n) is 2.51. The summed E-state index contributed by atoms with van der Waals surface area (Å²) in [6.45, 7) is 8.57. The van der Waals surface area contributed by atoms with Crippen LogP contribution in [0.3, 0.4) is 0 Å². The van der Waals surface area contributed by atoms with E-state index in [0.29, 0.717) is 28.7 Å². The maximum Gasteiger partial charge on any atom is 0.275 e. The highest BCUT2D eigenvalue weighted by molar-refractivity contribution is 7.73. The standard InChI is InChI=1S/C16H27N5O2S2/c1-6-13(23)21(11-7-8-11)14-18-20(15(24)25-14)10-19(5)9-12(22)17-16(2,3)4/h11H,6-10H2,1-5H3,(H,17,22)/p+1. The minimum Gasteiger partial charge on any atom is -0.347 e. The summed E-state index contributed by atoms with van der Waals surface area (Å²) >= 11 is 6.77. The van der Waals surface area contributed by atoms with Crippen molar-refractivity contribution in [2.45, 2.75) is 65.2 Å². The molecule has 1 aliphatic carbocycles. The van der Waals surface area contributed by atoms with E-state index >= 15 is 0 Å². The van der Waals surface area contributed by atoms with Crippen molar-refractivity contribution in [2.24, 2.45) is 0 Å². The van der Waals surface area contributed by atoms with E-state index in [1.807, 2.05) is 34.7 Å². The van der Waals surface area contributed by atoms with E-state index in [0.717, 1.165) is 17.7 Å². The maximum absolute atomic E-state index is 12.2. The summed E-state index contributed by atoms with van der Waals surface area (Å²) in [5.74, 6) is 0.0800. The molecule has 2 N–H and O–H groups in total. The summed E-state index contributed by atoms with van der Waals surface area (Å²) in [4.78, 5) is 27.0. The Kier molecular flexibility index (Phi) is 6.34. The fraction of sp³-hybridized carbons (Fsp3) is 0.750. The molecule has 7 nitrogen and oxygen atoms in total. The largest absolute Gasteiger partial charge is 0.347 e. The first-order valence-electron chi connectivity index (χ1n) is 8.63. The third kappa shape index (κ3) is 5.86. The SMILES string of the molecule is CCC(=O)N(c1nn(C[NH+](C)CC(=O)NC(C)(C)C)c(=S)s1)C1CC1. The average molecular weight is 387 g/mol. The predicted molar refractivity (Wildman–Crippen MR) is 101 cm³/mol. The molecule has 1 heterocycles. The lowest BCUT2D eigenvalue weighted by Gasteiger charge is -2.22. The van der Waals surface area contributed by atoms with Crippen molar-refractivity contribution < 1.29 is 14.5 Å². The topological polar surface area (TPSA) is 71.7 Å². The van der Waals surface area contributed by atoms with Crippen LogP contribution in [-0.2, 0) is 16.3 Å². The van der Waals surface area contributed by atoms with Gasteiger partial charge in [-0.05, 0) is 45.8 Å². The second-order valence-corrected chi connectivity index (χ2v) is 9.19. The van der Waals surface area contributed by atoms with E-state index < -0.39 is 0 Å². The third-order valence-corrected chi connectivity index (χ3v) is 4.99. The van der Waals surface area contributed by atoms with E-state index in [4.69, 9.17) is 12.2 Å². The summed E-state index contributed by atoms with van der Waals surface area (Å²) in [6.07, 6.45) is 2.51. The fourth-order valence-corrected chi connectivity index (χ4v) is 3.69. The molecule has 1 saturated carbocycles. The number of quaternary nitrogens is 1. The molecule has 0 aromatic carbocycles. The van der Waals surface area contributed by atoms with Gasteiger partial charge in [0.25, 0.3) is 5.91 Å². The zero-order valence-electron chi connectivity index (χ0n) is 15.6. The van der Waals surface area contributed by atoms with Gasteiger partial charge in [-0.2, -0.15) is 4.68 Å². The summed E-state index contributed by atoms with van der Waals surface area (Å²) < 4.78 is 2.34. The molecule has 1 aromatic rings. The molecule has 140 valence electrons. The number of rotatable bonds is 7. The van der Waals surface area contributed by atoms with Crippen LogP contribution in [0.25, 0.3) is 0 Å². The minimum atomic E-state index is -0.243. The van der Waals surface area contributed by atoms with Gasteiger partial charge in [0.2, 0.25) is 11.0 Å². The predicted octanol–water partition coefficient (Wildman–Crippen LogP) is 0.966. The first-order chi connectivity index (χ1) is 11.6. The molecule has 9 heteroatoms. The van der Waals surface area contributed by atoms with Gasteiger partial charge in [0.1, 0.15) is 0 Å². The van der Waals surface area contributed by atoms with E-state index in [-0.39, 0.29) is 23.4 Å². The van der Waals surface area contributed by atoms with Crippen LogP contribution in [-0.4, -0.2) is 46.8 Å². The lowest BCUT2D eigenvalue weighted by Crippen LogP contribution is -3.09. The summed E-state index contributed by atoms with van der Waals surface area (Å²) in [7, 11) is 1.93. The van der Waals surface area contributed by atoms with Crippen molar-refractivity contribution in [1.29, 1.82) is 0 Å². The molecule has 1 atom stereocenters. The van der Waals surface area contributed by atoms with Crippen LogP contribution in [0, 0.1) is 3.95 Å². The summed E-state index contributed by atoms with van der Waals surface area (Å²) in [5.41, 5.74) is -0.243. The first-order valence-corrected chi connectivity index (χ1v) is 9.85. The Morgan fingerprint density at radius 1 is 1.44 bits per heavy atom. The van der Waals surface area contributed by atoms with Crippen molar-refractivity contribution in [2.75, 3.05) is 18.5 Å². The van der Waals surface area contributed by atoms with Gasteiger partial charge in [-0.3, -0.25) is 14.5 Å². The van der Waals surface area contributed by atoms with E-state index in [1.165, 1.54) is 11.3 Å². The highest BCUT2D eigenvalue weighted by Crippen LogP contribution is 2.33. The number of hydrogen-bond donors (Lipinski definition) is 2. The molecule has 0 spiro atoms. The van der Waals surface area contributed by atoms with E-state index in [9.17, 15) is 9.59 Å². The Labute approximate surface area is 158 Å². The molecule has 1 aliphatic rings. The van der Waals surface area contributed by atoms with Gasteiger partial charge < -0.3 is 10.2 Å². The highest BCUT2D eigenvalue weighted by Gasteiger charge is 2.35. The number of anilines is 1. The van der Waals surface area contributed by atoms with Gasteiger partial charge in [-0.1, -0.05) is 18.3 Å². The maximum atomic E-state index is 12.2. The quantitative estimate of drug-likeness (QED) is 0.685. The normalized spacial score (nSPS) is 15.7. The monoisotopic (exact) mass is 386 g/mol. The van der Waals surface area contributed by atoms with Crippen molar-refractivity contribution in [1.82, 2.24) is 15.1 Å². The molecule has 2 amide bonds. The molecule has 1 unspecified atom stereocenters. The summed E-state index contributed by atoms with van der Waals surface area (Å²) in [6, 6.07) is 0.268. The second kappa shape index (κ2) is 7.92. The second-order valence-electron chi connectivity index (χ2n) is 7.59. The number of amides is 2. The van der Waals surface area contributed by atoms with Crippen LogP contribution in [0.1, 0.15) is 47.0 Å². The average Bonchev–Trinajstić information content (AvgIpc) is 3.22. The van der Waals surface area contributed by atoms with E-state index in [1.54, 1.807) is 9.58 Å². The zero-order chi connectivity index (χ0) is 18.8. The van der Waals surface area contributed by atoms with Crippen LogP contribution < -0.4 is 15.1 Å². The Morgan fingerprint density at radius 2 is 2.08 bits per heavy atom. The highest BCUT2D eigenvalue weighted by atomic mass is 32.1. The van der Waals surface area contributed by atoms with Gasteiger partial charge in [0.15, 0.2) is 17.2 Å². The van der Waals surface area contributed by atoms with Crippen LogP contribution in [0.15, 0.2) is 0 Å². The van der Waals surface area contributed by atoms with Crippen LogP contribution >= 0.6 is 23.6 Å². The number of carbonyl (C=O) groups is 2. The number of nitrogens with one attached hydrogen (secondary N) is 2. The number of aromatic nitrogens is 2. The lowest BCUT2D eigenvalue weighted by atomic mass is 10.1. The molecule has 0 bridgehead atoms. The molecule has 2 rings (SSSR count). The van der Waals surface area contributed by atoms with Gasteiger partial charge in [0, 0.05) is 18.0 Å². The Balaban J connectivity index is 2.03. The molecule has 0 saturated heterocycles. The van der Waals surface area contributed by atoms with Gasteiger partial charge in [0.05, 0.1) is 7.05 Å². The van der Waals surface area contributed by atoms with Gasteiger partial charge in [-0.15, -0.1) is 5.10 Å². The summed E-state index contributed by atoms with van der Waals surface area (Å²) in [5, 5.41) is 8.17. The molecular weight excluding hydrogens is 358 g/mol. The minimum absolute atomic E-state index is 0.00672. The molecule has 1 fully saturated rings. The number of hydrogen-bond acceptors (Lipinski definition) is 5. The number of carbonyl (C=O) groups excluding carboxylic acids is 2. The first kappa shape index (κ1) is 20.0. The molecule has 25 heavy (non-hydrogen) atoms. The number of nitrogens with zero attached hydrogens (tertiary/aromatic N) is 3.